The number of Topliss-reactive ketones (excluding diaryl/α,β-unsaturated/α-hetero) is 1. The Morgan fingerprint density at radius 3 is 1.93 bits per heavy atom. The molecule has 5 heteroatoms. The van der Waals surface area contributed by atoms with Crippen molar-refractivity contribution in [2.24, 2.45) is 10.8 Å². The third-order valence-corrected chi connectivity index (χ3v) is 7.55. The number of piperidine rings is 2. The highest BCUT2D eigenvalue weighted by Gasteiger charge is 2.73. The van der Waals surface area contributed by atoms with Crippen LogP contribution in [0.3, 0.4) is 0 Å². The molecule has 1 aromatic carbocycles. The van der Waals surface area contributed by atoms with Crippen LogP contribution in [0.2, 0.25) is 0 Å². The van der Waals surface area contributed by atoms with Crippen molar-refractivity contribution in [1.82, 2.24) is 9.80 Å². The maximum Gasteiger partial charge on any atom is 0.267 e. The van der Waals surface area contributed by atoms with Crippen molar-refractivity contribution < 1.29 is 9.59 Å². The van der Waals surface area contributed by atoms with Crippen molar-refractivity contribution in [3.05, 3.63) is 29.8 Å². The molecule has 0 N–H and O–H groups in total. The Kier molecular flexibility index (Phi) is 3.49. The molecular formula is C22H29N3O2. The molecule has 0 aliphatic carbocycles. The summed E-state index contributed by atoms with van der Waals surface area (Å²) < 4.78 is 0. The van der Waals surface area contributed by atoms with E-state index in [9.17, 15) is 9.59 Å². The van der Waals surface area contributed by atoms with Gasteiger partial charge in [0, 0.05) is 38.8 Å². The number of hydrogen-bond donors (Lipinski definition) is 0. The quantitative estimate of drug-likeness (QED) is 0.821. The fraction of sp³-hybridized carbons (Fsp3) is 0.636. The van der Waals surface area contributed by atoms with Gasteiger partial charge >= 0.3 is 0 Å². The summed E-state index contributed by atoms with van der Waals surface area (Å²) in [5.41, 5.74) is 0.794. The Hall–Kier alpha value is -1.72. The molecule has 0 unspecified atom stereocenters. The highest BCUT2D eigenvalue weighted by molar-refractivity contribution is 6.08. The number of para-hydroxylation sites is 1. The molecule has 5 aliphatic rings. The third kappa shape index (κ3) is 1.82. The van der Waals surface area contributed by atoms with Crippen molar-refractivity contribution in [2.75, 3.05) is 38.1 Å². The lowest BCUT2D eigenvalue weighted by molar-refractivity contribution is -0.235. The van der Waals surface area contributed by atoms with E-state index in [4.69, 9.17) is 0 Å². The zero-order valence-corrected chi connectivity index (χ0v) is 16.6. The average molecular weight is 367 g/mol. The Bertz CT molecular complexity index is 789. The molecule has 144 valence electrons. The van der Waals surface area contributed by atoms with Crippen molar-refractivity contribution in [3.63, 3.8) is 0 Å². The van der Waals surface area contributed by atoms with Gasteiger partial charge in [0.1, 0.15) is 5.78 Å². The maximum absolute atomic E-state index is 13.6. The van der Waals surface area contributed by atoms with Gasteiger partial charge < -0.3 is 4.90 Å². The van der Waals surface area contributed by atoms with E-state index in [0.717, 1.165) is 63.1 Å². The number of rotatable bonds is 4. The van der Waals surface area contributed by atoms with Crippen molar-refractivity contribution >= 4 is 17.4 Å². The molecule has 4 saturated heterocycles. The number of fused-ring (bicyclic) bond motifs is 1. The van der Waals surface area contributed by atoms with Gasteiger partial charge in [-0.05, 0) is 18.9 Å². The summed E-state index contributed by atoms with van der Waals surface area (Å²) in [5.74, 6) is 0.626. The molecule has 0 aromatic heterocycles. The van der Waals surface area contributed by atoms with E-state index in [-0.39, 0.29) is 16.7 Å². The van der Waals surface area contributed by atoms with Gasteiger partial charge in [-0.1, -0.05) is 44.9 Å². The number of amides is 1. The highest BCUT2D eigenvalue weighted by Crippen LogP contribution is 2.60. The number of carbonyl (C=O) groups excluding carboxylic acids is 2. The molecule has 0 radical (unpaired) electrons. The van der Waals surface area contributed by atoms with E-state index in [2.05, 4.69) is 29.7 Å². The molecule has 1 spiro atoms. The Morgan fingerprint density at radius 1 is 0.889 bits per heavy atom. The van der Waals surface area contributed by atoms with Crippen molar-refractivity contribution in [3.8, 4) is 0 Å². The molecular weight excluding hydrogens is 338 g/mol. The number of hydrogen-bond acceptors (Lipinski definition) is 4. The van der Waals surface area contributed by atoms with Crippen LogP contribution in [0.15, 0.2) is 24.3 Å². The molecule has 27 heavy (non-hydrogen) atoms. The fourth-order valence-electron chi connectivity index (χ4n) is 6.81. The van der Waals surface area contributed by atoms with Gasteiger partial charge in [0.2, 0.25) is 0 Å². The van der Waals surface area contributed by atoms with Crippen LogP contribution in [0.1, 0.15) is 45.1 Å². The van der Waals surface area contributed by atoms with Crippen molar-refractivity contribution in [2.45, 2.75) is 45.2 Å². The molecule has 4 fully saturated rings. The van der Waals surface area contributed by atoms with E-state index < -0.39 is 5.66 Å². The first-order chi connectivity index (χ1) is 12.9. The monoisotopic (exact) mass is 367 g/mol. The normalized spacial score (nSPS) is 41.7. The summed E-state index contributed by atoms with van der Waals surface area (Å²) in [6, 6.07) is 8.20. The molecule has 1 aromatic rings. The zero-order chi connectivity index (χ0) is 19.0. The lowest BCUT2D eigenvalue weighted by atomic mass is 9.56. The van der Waals surface area contributed by atoms with Gasteiger partial charge in [0.25, 0.3) is 5.91 Å². The van der Waals surface area contributed by atoms with Crippen LogP contribution in [0, 0.1) is 10.8 Å². The van der Waals surface area contributed by atoms with Gasteiger partial charge in [-0.2, -0.15) is 0 Å². The summed E-state index contributed by atoms with van der Waals surface area (Å²) in [6.07, 6.45) is 3.86. The number of ketones is 1. The first-order valence-electron chi connectivity index (χ1n) is 10.4. The minimum absolute atomic E-state index is 0.147. The molecule has 4 bridgehead atoms. The van der Waals surface area contributed by atoms with E-state index in [0.29, 0.717) is 5.78 Å². The van der Waals surface area contributed by atoms with Gasteiger partial charge in [-0.25, -0.2) is 0 Å². The summed E-state index contributed by atoms with van der Waals surface area (Å²) in [7, 11) is 1.89. The minimum atomic E-state index is -0.708. The Labute approximate surface area is 161 Å². The SMILES string of the molecule is CCCC12CN3CC(CCC)(CN(C1)C31C(=O)N(C)c3ccccc31)C2=O. The topological polar surface area (TPSA) is 43.9 Å². The predicted octanol–water partition coefficient (Wildman–Crippen LogP) is 2.60. The summed E-state index contributed by atoms with van der Waals surface area (Å²) in [6.45, 7) is 7.21. The van der Waals surface area contributed by atoms with Crippen LogP contribution in [0.4, 0.5) is 5.69 Å². The van der Waals surface area contributed by atoms with E-state index in [1.165, 1.54) is 0 Å². The van der Waals surface area contributed by atoms with Gasteiger partial charge in [-0.15, -0.1) is 0 Å². The maximum atomic E-state index is 13.6. The standard InChI is InChI=1S/C22H29N3O2/c1-4-10-20-12-24-14-21(11-5-2,18(20)26)15-25(13-20)22(24)16-8-6-7-9-17(16)23(3)19(22)27/h6-9H,4-5,10-15H2,1-3H3. The number of likely N-dealkylation sites (N-methyl/N-ethyl adjacent to an activating group) is 1. The second-order valence-corrected chi connectivity index (χ2v) is 9.16. The minimum Gasteiger partial charge on any atom is -0.312 e. The van der Waals surface area contributed by atoms with E-state index in [1.807, 2.05) is 30.1 Å². The average Bonchev–Trinajstić information content (AvgIpc) is 2.86. The summed E-state index contributed by atoms with van der Waals surface area (Å²) in [4.78, 5) is 33.8. The summed E-state index contributed by atoms with van der Waals surface area (Å²) >= 11 is 0. The second-order valence-electron chi connectivity index (χ2n) is 9.16. The second kappa shape index (κ2) is 5.42. The molecule has 6 rings (SSSR count). The number of carbonyl (C=O) groups is 2. The van der Waals surface area contributed by atoms with Crippen LogP contribution < -0.4 is 4.90 Å². The third-order valence-electron chi connectivity index (χ3n) is 7.55. The molecule has 1 amide bonds. The zero-order valence-electron chi connectivity index (χ0n) is 16.6. The number of nitrogens with zero attached hydrogens (tertiary/aromatic N) is 3. The van der Waals surface area contributed by atoms with Gasteiger partial charge in [0.05, 0.1) is 16.5 Å². The number of benzene rings is 1. The van der Waals surface area contributed by atoms with Crippen LogP contribution in [-0.4, -0.2) is 54.7 Å². The largest absolute Gasteiger partial charge is 0.312 e. The van der Waals surface area contributed by atoms with E-state index in [1.54, 1.807) is 0 Å². The summed E-state index contributed by atoms with van der Waals surface area (Å²) in [5, 5.41) is 0. The molecule has 5 heterocycles. The lowest BCUT2D eigenvalue weighted by Gasteiger charge is -2.69. The number of anilines is 1. The van der Waals surface area contributed by atoms with Crippen LogP contribution in [-0.2, 0) is 15.3 Å². The first-order valence-corrected chi connectivity index (χ1v) is 10.4. The van der Waals surface area contributed by atoms with Crippen LogP contribution in [0.25, 0.3) is 0 Å². The Morgan fingerprint density at radius 2 is 1.41 bits per heavy atom. The predicted molar refractivity (Wildman–Crippen MR) is 104 cm³/mol. The first kappa shape index (κ1) is 17.4. The van der Waals surface area contributed by atoms with Crippen molar-refractivity contribution in [1.29, 1.82) is 0 Å². The van der Waals surface area contributed by atoms with E-state index >= 15 is 0 Å². The van der Waals surface area contributed by atoms with Gasteiger partial charge in [-0.3, -0.25) is 19.4 Å². The molecule has 5 aliphatic heterocycles. The van der Waals surface area contributed by atoms with Gasteiger partial charge in [0.15, 0.2) is 5.66 Å². The smallest absolute Gasteiger partial charge is 0.267 e. The molecule has 0 saturated carbocycles. The fourth-order valence-corrected chi connectivity index (χ4v) is 6.81. The highest BCUT2D eigenvalue weighted by atomic mass is 16.2. The van der Waals surface area contributed by atoms with Crippen LogP contribution in [0.5, 0.6) is 0 Å². The molecule has 0 atom stereocenters. The Balaban J connectivity index is 1.69. The van der Waals surface area contributed by atoms with Crippen LogP contribution >= 0.6 is 0 Å². The lowest BCUT2D eigenvalue weighted by Crippen LogP contribution is -2.84. The molecule has 5 nitrogen and oxygen atoms in total.